The summed E-state index contributed by atoms with van der Waals surface area (Å²) in [5.41, 5.74) is -0.0607. The van der Waals surface area contributed by atoms with Crippen molar-refractivity contribution in [3.05, 3.63) is 47.3 Å². The highest BCUT2D eigenvalue weighted by Gasteiger charge is 2.22. The molecular formula is C21H26N6O2. The van der Waals surface area contributed by atoms with Gasteiger partial charge in [0, 0.05) is 30.7 Å². The maximum Gasteiger partial charge on any atom is 0.262 e. The lowest BCUT2D eigenvalue weighted by Gasteiger charge is -2.27. The van der Waals surface area contributed by atoms with Crippen molar-refractivity contribution in [1.29, 1.82) is 0 Å². The standard InChI is InChI=1S/C21H26N6O2/c1-13(2)27-10-7-14-11-17(25-18-12-22-8-9-23-18)26-20(19(14)21(27)29)24-15-3-5-16(28)6-4-15/h7-13,15-16,28H,3-6H2,1-2H3,(H2,23,24,25,26)/t15-,16-. The molecule has 0 saturated heterocycles. The van der Waals surface area contributed by atoms with E-state index in [9.17, 15) is 9.90 Å². The SMILES string of the molecule is CC(C)n1ccc2cc(Nc3cnccn3)nc(N[C@H]3CC[C@H](O)CC3)c2c1=O. The summed E-state index contributed by atoms with van der Waals surface area (Å²) in [5.74, 6) is 1.75. The average molecular weight is 394 g/mol. The summed E-state index contributed by atoms with van der Waals surface area (Å²) in [5, 5.41) is 17.8. The number of pyridine rings is 2. The summed E-state index contributed by atoms with van der Waals surface area (Å²) in [7, 11) is 0. The molecule has 152 valence electrons. The number of fused-ring (bicyclic) bond motifs is 1. The fourth-order valence-electron chi connectivity index (χ4n) is 3.76. The molecule has 0 amide bonds. The molecule has 8 heteroatoms. The smallest absolute Gasteiger partial charge is 0.262 e. The zero-order valence-corrected chi connectivity index (χ0v) is 16.7. The second kappa shape index (κ2) is 8.16. The van der Waals surface area contributed by atoms with E-state index in [-0.39, 0.29) is 23.7 Å². The van der Waals surface area contributed by atoms with Crippen LogP contribution in [0.25, 0.3) is 10.8 Å². The van der Waals surface area contributed by atoms with E-state index < -0.39 is 0 Å². The Hall–Kier alpha value is -3.00. The van der Waals surface area contributed by atoms with Crippen LogP contribution in [0.4, 0.5) is 17.5 Å². The molecule has 3 N–H and O–H groups in total. The third kappa shape index (κ3) is 4.22. The van der Waals surface area contributed by atoms with Gasteiger partial charge in [0.1, 0.15) is 17.5 Å². The van der Waals surface area contributed by atoms with E-state index in [1.807, 2.05) is 32.2 Å². The summed E-state index contributed by atoms with van der Waals surface area (Å²) in [6, 6.07) is 4.03. The summed E-state index contributed by atoms with van der Waals surface area (Å²) >= 11 is 0. The molecule has 3 aromatic heterocycles. The van der Waals surface area contributed by atoms with Crippen molar-refractivity contribution in [3.8, 4) is 0 Å². The Bertz CT molecular complexity index is 1040. The molecule has 0 atom stereocenters. The number of hydrogen-bond acceptors (Lipinski definition) is 7. The van der Waals surface area contributed by atoms with Gasteiger partial charge >= 0.3 is 0 Å². The quantitative estimate of drug-likeness (QED) is 0.610. The predicted octanol–water partition coefficient (Wildman–Crippen LogP) is 3.23. The van der Waals surface area contributed by atoms with Gasteiger partial charge < -0.3 is 20.3 Å². The average Bonchev–Trinajstić information content (AvgIpc) is 2.70. The van der Waals surface area contributed by atoms with Crippen molar-refractivity contribution in [3.63, 3.8) is 0 Å². The minimum atomic E-state index is -0.236. The van der Waals surface area contributed by atoms with Crippen molar-refractivity contribution in [2.75, 3.05) is 10.6 Å². The van der Waals surface area contributed by atoms with Crippen LogP contribution in [-0.2, 0) is 0 Å². The topological polar surface area (TPSA) is 105 Å². The maximum absolute atomic E-state index is 13.2. The van der Waals surface area contributed by atoms with Gasteiger partial charge in [-0.15, -0.1) is 0 Å². The Labute approximate surface area is 169 Å². The second-order valence-electron chi connectivity index (χ2n) is 7.81. The largest absolute Gasteiger partial charge is 0.393 e. The van der Waals surface area contributed by atoms with E-state index in [0.29, 0.717) is 22.8 Å². The molecular weight excluding hydrogens is 368 g/mol. The van der Waals surface area contributed by atoms with E-state index in [4.69, 9.17) is 4.98 Å². The highest BCUT2D eigenvalue weighted by Crippen LogP contribution is 2.27. The van der Waals surface area contributed by atoms with Gasteiger partial charge in [-0.2, -0.15) is 0 Å². The molecule has 1 saturated carbocycles. The van der Waals surface area contributed by atoms with Crippen LogP contribution in [0.5, 0.6) is 0 Å². The molecule has 1 aliphatic rings. The van der Waals surface area contributed by atoms with Crippen LogP contribution in [0.3, 0.4) is 0 Å². The number of rotatable bonds is 5. The van der Waals surface area contributed by atoms with E-state index >= 15 is 0 Å². The number of aliphatic hydroxyl groups excluding tert-OH is 1. The Balaban J connectivity index is 1.77. The van der Waals surface area contributed by atoms with Crippen LogP contribution in [-0.4, -0.2) is 36.8 Å². The summed E-state index contributed by atoms with van der Waals surface area (Å²) in [6.45, 7) is 3.97. The minimum Gasteiger partial charge on any atom is -0.393 e. The Kier molecular flexibility index (Phi) is 5.44. The Morgan fingerprint density at radius 3 is 2.66 bits per heavy atom. The van der Waals surface area contributed by atoms with Crippen LogP contribution in [0.1, 0.15) is 45.6 Å². The Morgan fingerprint density at radius 2 is 1.97 bits per heavy atom. The fourth-order valence-corrected chi connectivity index (χ4v) is 3.76. The monoisotopic (exact) mass is 394 g/mol. The first-order chi connectivity index (χ1) is 14.0. The van der Waals surface area contributed by atoms with E-state index in [1.54, 1.807) is 23.2 Å². The molecule has 1 aliphatic carbocycles. The lowest BCUT2D eigenvalue weighted by molar-refractivity contribution is 0.126. The lowest BCUT2D eigenvalue weighted by atomic mass is 9.93. The van der Waals surface area contributed by atoms with Crippen molar-refractivity contribution >= 4 is 28.2 Å². The van der Waals surface area contributed by atoms with Gasteiger partial charge in [0.2, 0.25) is 0 Å². The Morgan fingerprint density at radius 1 is 1.17 bits per heavy atom. The van der Waals surface area contributed by atoms with Gasteiger partial charge in [-0.05, 0) is 57.0 Å². The van der Waals surface area contributed by atoms with Gasteiger partial charge in [0.15, 0.2) is 0 Å². The third-order valence-corrected chi connectivity index (χ3v) is 5.33. The van der Waals surface area contributed by atoms with Crippen LogP contribution in [0.15, 0.2) is 41.7 Å². The van der Waals surface area contributed by atoms with E-state index in [1.165, 1.54) is 0 Å². The molecule has 3 aromatic rings. The molecule has 8 nitrogen and oxygen atoms in total. The fraction of sp³-hybridized carbons (Fsp3) is 0.429. The molecule has 4 rings (SSSR count). The number of anilines is 3. The van der Waals surface area contributed by atoms with Crippen LogP contribution in [0.2, 0.25) is 0 Å². The predicted molar refractivity (Wildman–Crippen MR) is 114 cm³/mol. The van der Waals surface area contributed by atoms with Crippen molar-refractivity contribution < 1.29 is 5.11 Å². The van der Waals surface area contributed by atoms with Crippen molar-refractivity contribution in [2.45, 2.75) is 57.7 Å². The number of hydrogen-bond donors (Lipinski definition) is 3. The van der Waals surface area contributed by atoms with Crippen molar-refractivity contribution in [2.24, 2.45) is 0 Å². The molecule has 0 bridgehead atoms. The van der Waals surface area contributed by atoms with Crippen LogP contribution in [0, 0.1) is 0 Å². The number of aromatic nitrogens is 4. The summed E-state index contributed by atoms with van der Waals surface area (Å²) < 4.78 is 1.72. The van der Waals surface area contributed by atoms with Gasteiger partial charge in [0.05, 0.1) is 17.7 Å². The zero-order valence-electron chi connectivity index (χ0n) is 16.7. The van der Waals surface area contributed by atoms with Gasteiger partial charge in [-0.3, -0.25) is 9.78 Å². The van der Waals surface area contributed by atoms with Gasteiger partial charge in [0.25, 0.3) is 5.56 Å². The number of nitrogens with one attached hydrogen (secondary N) is 2. The number of nitrogens with zero attached hydrogens (tertiary/aromatic N) is 4. The molecule has 0 radical (unpaired) electrons. The first-order valence-corrected chi connectivity index (χ1v) is 10.0. The lowest BCUT2D eigenvalue weighted by Crippen LogP contribution is -2.30. The molecule has 29 heavy (non-hydrogen) atoms. The highest BCUT2D eigenvalue weighted by atomic mass is 16.3. The maximum atomic E-state index is 13.2. The van der Waals surface area contributed by atoms with Gasteiger partial charge in [-0.25, -0.2) is 9.97 Å². The second-order valence-corrected chi connectivity index (χ2v) is 7.81. The van der Waals surface area contributed by atoms with Gasteiger partial charge in [-0.1, -0.05) is 0 Å². The van der Waals surface area contributed by atoms with Crippen molar-refractivity contribution in [1.82, 2.24) is 19.5 Å². The minimum absolute atomic E-state index is 0.0574. The normalized spacial score (nSPS) is 19.4. The molecule has 0 unspecified atom stereocenters. The molecule has 3 heterocycles. The molecule has 0 spiro atoms. The first-order valence-electron chi connectivity index (χ1n) is 10.0. The highest BCUT2D eigenvalue weighted by molar-refractivity contribution is 5.93. The summed E-state index contributed by atoms with van der Waals surface area (Å²) in [4.78, 5) is 26.2. The summed E-state index contributed by atoms with van der Waals surface area (Å²) in [6.07, 6.45) is 9.62. The zero-order chi connectivity index (χ0) is 20.4. The van der Waals surface area contributed by atoms with E-state index in [2.05, 4.69) is 20.6 Å². The first kappa shape index (κ1) is 19.3. The van der Waals surface area contributed by atoms with Crippen LogP contribution < -0.4 is 16.2 Å². The third-order valence-electron chi connectivity index (χ3n) is 5.33. The molecule has 1 fully saturated rings. The molecule has 0 aromatic carbocycles. The van der Waals surface area contributed by atoms with E-state index in [0.717, 1.165) is 31.1 Å². The molecule has 0 aliphatic heterocycles. The number of aliphatic hydroxyl groups is 1. The van der Waals surface area contributed by atoms with Crippen LogP contribution >= 0.6 is 0 Å².